The molecule has 4 heterocycles. The average molecular weight is 1130 g/mol. The number of benzene rings is 3. The number of rotatable bonds is 7. The molecule has 2 fully saturated rings. The minimum atomic E-state index is -4.84. The van der Waals surface area contributed by atoms with E-state index >= 15 is 0 Å². The van der Waals surface area contributed by atoms with E-state index < -0.39 is 108 Å². The van der Waals surface area contributed by atoms with Gasteiger partial charge in [0, 0.05) is 19.2 Å². The first-order valence-corrected chi connectivity index (χ1v) is 24.3. The van der Waals surface area contributed by atoms with Gasteiger partial charge in [-0.05, 0) is 95.9 Å². The summed E-state index contributed by atoms with van der Waals surface area (Å²) in [5.41, 5.74) is 0.264. The second-order valence-corrected chi connectivity index (χ2v) is 19.2. The molecule has 3 N–H and O–H groups in total. The maximum atomic E-state index is 14.2. The SMILES string of the molecule is COCOc1cc(OC)cc2c1C(=O)OC(C)C(C(F)(F)F)/C=C\C(O)C1OC(C)(C)O[C@H]1C/C=C/2.COc1cc(O)c2c(c1)/C=C/C[C@@H]1OC(C)(C)OC1C(OC(=O)c1ccccc1)/C=C\C(C(F)(F)F)C(C)OC2=O.[Na+].[OH-]. The number of aromatic hydroxyl groups is 1. The zero-order chi connectivity index (χ0) is 56.6. The van der Waals surface area contributed by atoms with Crippen molar-refractivity contribution in [3.63, 3.8) is 0 Å². The number of carbonyl (C=O) groups is 3. The van der Waals surface area contributed by atoms with Gasteiger partial charge in [0.2, 0.25) is 0 Å². The van der Waals surface area contributed by atoms with Crippen molar-refractivity contribution in [3.8, 4) is 23.0 Å². The van der Waals surface area contributed by atoms with Gasteiger partial charge < -0.3 is 67.8 Å². The van der Waals surface area contributed by atoms with E-state index in [0.29, 0.717) is 11.3 Å². The summed E-state index contributed by atoms with van der Waals surface area (Å²) in [6.45, 7) is 8.60. The van der Waals surface area contributed by atoms with Gasteiger partial charge in [0.1, 0.15) is 82.6 Å². The van der Waals surface area contributed by atoms with Gasteiger partial charge in [-0.3, -0.25) is 0 Å². The largest absolute Gasteiger partial charge is 1.00 e. The van der Waals surface area contributed by atoms with Crippen LogP contribution in [0.5, 0.6) is 23.0 Å². The van der Waals surface area contributed by atoms with Crippen LogP contribution in [0.2, 0.25) is 0 Å². The maximum Gasteiger partial charge on any atom is 1.00 e. The van der Waals surface area contributed by atoms with Crippen LogP contribution in [-0.2, 0) is 37.9 Å². The fourth-order valence-corrected chi connectivity index (χ4v) is 8.94. The summed E-state index contributed by atoms with van der Waals surface area (Å²) in [6.07, 6.45) is -8.37. The van der Waals surface area contributed by atoms with Gasteiger partial charge in [-0.1, -0.05) is 60.7 Å². The Morgan fingerprint density at radius 2 is 1.16 bits per heavy atom. The Balaban J connectivity index is 0.000000335. The minimum Gasteiger partial charge on any atom is -0.870 e. The van der Waals surface area contributed by atoms with Gasteiger partial charge in [-0.25, -0.2) is 14.4 Å². The predicted molar refractivity (Wildman–Crippen MR) is 266 cm³/mol. The molecule has 0 spiro atoms. The number of methoxy groups -OCH3 is 3. The van der Waals surface area contributed by atoms with E-state index in [0.717, 1.165) is 38.2 Å². The van der Waals surface area contributed by atoms with E-state index in [1.54, 1.807) is 64.1 Å². The Kier molecular flexibility index (Phi) is 23.2. The second-order valence-electron chi connectivity index (χ2n) is 19.2. The summed E-state index contributed by atoms with van der Waals surface area (Å²) in [4.78, 5) is 39.2. The smallest absolute Gasteiger partial charge is 0.870 e. The van der Waals surface area contributed by atoms with E-state index in [1.165, 1.54) is 63.8 Å². The number of aliphatic hydroxyl groups is 1. The zero-order valence-electron chi connectivity index (χ0n) is 45.0. The van der Waals surface area contributed by atoms with Crippen molar-refractivity contribution >= 4 is 30.1 Å². The number of ether oxygens (including phenoxy) is 11. The minimum absolute atomic E-state index is 0. The van der Waals surface area contributed by atoms with E-state index in [2.05, 4.69) is 0 Å². The molecule has 8 unspecified atom stereocenters. The van der Waals surface area contributed by atoms with Gasteiger partial charge >= 0.3 is 59.8 Å². The molecule has 2 saturated heterocycles. The van der Waals surface area contributed by atoms with Gasteiger partial charge in [-0.15, -0.1) is 0 Å². The Morgan fingerprint density at radius 3 is 1.68 bits per heavy atom. The third kappa shape index (κ3) is 17.3. The first kappa shape index (κ1) is 66.0. The molecular formula is C55H63F6NaO17. The third-order valence-corrected chi connectivity index (χ3v) is 12.5. The molecule has 24 heteroatoms. The van der Waals surface area contributed by atoms with Crippen molar-refractivity contribution in [1.82, 2.24) is 0 Å². The van der Waals surface area contributed by atoms with Crippen LogP contribution in [0.4, 0.5) is 26.3 Å². The Morgan fingerprint density at radius 1 is 0.684 bits per heavy atom. The van der Waals surface area contributed by atoms with Gasteiger partial charge in [0.25, 0.3) is 0 Å². The number of esters is 3. The number of hydrogen-bond donors (Lipinski definition) is 2. The van der Waals surface area contributed by atoms with Crippen molar-refractivity contribution < 1.29 is 138 Å². The number of cyclic esters (lactones) is 2. The van der Waals surface area contributed by atoms with Gasteiger partial charge in [0.15, 0.2) is 18.4 Å². The number of phenolic OH excluding ortho intramolecular Hbond substituents is 1. The number of phenols is 1. The van der Waals surface area contributed by atoms with Gasteiger partial charge in [0.05, 0.1) is 32.0 Å². The summed E-state index contributed by atoms with van der Waals surface area (Å²) in [6, 6.07) is 13.6. The maximum absolute atomic E-state index is 14.2. The molecule has 0 bridgehead atoms. The van der Waals surface area contributed by atoms with Crippen LogP contribution < -0.4 is 43.8 Å². The molecule has 0 aromatic heterocycles. The molecular weight excluding hydrogens is 1070 g/mol. The quantitative estimate of drug-likeness (QED) is 0.0611. The molecule has 10 atom stereocenters. The standard InChI is InChI=1S/C30H31F3O8.C25H31F3O8.Na.H2O/c1-17-21(30(31,32)33)13-14-23(39-27(35)18-9-6-5-7-10-18)26-24(40-29(2,3)41-26)12-8-11-19-15-20(37-4)16-22(34)25(19)28(36)38-17;1-14-17(25(26,27)28)9-10-18(29)22-19(35-24(2,3)36-22)8-6-7-15-11-16(32-5)12-20(33-13-31-4)21(15)23(30)34-14;;/h5-11,13-17,21,23-24,26,34H,12H2,1-4H3;6-7,9-12,14,17-19,22,29H,8,13H2,1-5H3;;1H2/q;;+1;/p-1/b11-8+,14-13-;7-6+,10-9-;;/t17?,21?,23?,24-,26?;14?,17?,18?,19-,22?;;/m00../s1. The average Bonchev–Trinajstić information content (AvgIpc) is 3.89. The Hall–Kier alpha value is -5.47. The molecule has 428 valence electrons. The molecule has 0 saturated carbocycles. The summed E-state index contributed by atoms with van der Waals surface area (Å²) in [7, 11) is 4.17. The monoisotopic (exact) mass is 1130 g/mol. The molecule has 4 aliphatic heterocycles. The number of carbonyl (C=O) groups excluding carboxylic acids is 3. The molecule has 0 radical (unpaired) electrons. The molecule has 0 amide bonds. The van der Waals surface area contributed by atoms with Crippen LogP contribution in [0.1, 0.15) is 96.6 Å². The van der Waals surface area contributed by atoms with Crippen molar-refractivity contribution in [2.45, 2.75) is 127 Å². The van der Waals surface area contributed by atoms with E-state index in [-0.39, 0.29) is 88.4 Å². The van der Waals surface area contributed by atoms with Gasteiger partial charge in [-0.2, -0.15) is 26.3 Å². The predicted octanol–water partition coefficient (Wildman–Crippen LogP) is 6.93. The van der Waals surface area contributed by atoms with Crippen LogP contribution in [0.15, 0.2) is 91.1 Å². The van der Waals surface area contributed by atoms with Crippen LogP contribution in [-0.4, -0.2) is 134 Å². The number of hydrogen-bond acceptors (Lipinski definition) is 17. The molecule has 3 aromatic carbocycles. The molecule has 79 heavy (non-hydrogen) atoms. The molecule has 4 aliphatic rings. The fourth-order valence-electron chi connectivity index (χ4n) is 8.94. The number of fused-ring (bicyclic) bond motifs is 4. The van der Waals surface area contributed by atoms with Crippen molar-refractivity contribution in [1.29, 1.82) is 0 Å². The van der Waals surface area contributed by atoms with Crippen molar-refractivity contribution in [3.05, 3.63) is 119 Å². The van der Waals surface area contributed by atoms with Crippen LogP contribution in [0.3, 0.4) is 0 Å². The van der Waals surface area contributed by atoms with Crippen molar-refractivity contribution in [2.24, 2.45) is 11.8 Å². The fraction of sp³-hybridized carbons (Fsp3) is 0.473. The molecule has 7 rings (SSSR count). The molecule has 0 aliphatic carbocycles. The normalized spacial score (nSPS) is 28.3. The topological polar surface area (TPSA) is 223 Å². The zero-order valence-corrected chi connectivity index (χ0v) is 47.0. The summed E-state index contributed by atoms with van der Waals surface area (Å²) in [5, 5.41) is 21.2. The van der Waals surface area contributed by atoms with E-state index in [1.807, 2.05) is 0 Å². The van der Waals surface area contributed by atoms with Crippen LogP contribution in [0, 0.1) is 11.8 Å². The molecule has 17 nitrogen and oxygen atoms in total. The first-order chi connectivity index (χ1) is 36.1. The second kappa shape index (κ2) is 27.8. The summed E-state index contributed by atoms with van der Waals surface area (Å²) in [5.74, 6) is -9.51. The summed E-state index contributed by atoms with van der Waals surface area (Å²) >= 11 is 0. The Labute approximate surface area is 474 Å². The van der Waals surface area contributed by atoms with Crippen molar-refractivity contribution in [2.75, 3.05) is 28.1 Å². The van der Waals surface area contributed by atoms with E-state index in [9.17, 15) is 50.9 Å². The first-order valence-electron chi connectivity index (χ1n) is 24.3. The van der Waals surface area contributed by atoms with E-state index in [4.69, 9.17) is 52.1 Å². The number of aliphatic hydroxyl groups excluding tert-OH is 1. The third-order valence-electron chi connectivity index (χ3n) is 12.5. The Bertz CT molecular complexity index is 2670. The van der Waals surface area contributed by atoms with Crippen LogP contribution in [0.25, 0.3) is 12.2 Å². The summed E-state index contributed by atoms with van der Waals surface area (Å²) < 4.78 is 145. The van der Waals surface area contributed by atoms with Crippen LogP contribution >= 0.6 is 0 Å². The number of halogens is 6. The molecule has 3 aromatic rings. The number of alkyl halides is 6.